The molecule has 1 aromatic heterocycles. The maximum absolute atomic E-state index is 5.90. The molecule has 0 saturated carbocycles. The summed E-state index contributed by atoms with van der Waals surface area (Å²) >= 11 is 0. The zero-order chi connectivity index (χ0) is 11.7. The minimum absolute atomic E-state index is 0.557. The minimum Gasteiger partial charge on any atom is -0.383 e. The highest BCUT2D eigenvalue weighted by Gasteiger charge is 2.22. The molecule has 1 saturated heterocycles. The number of nitrogens with two attached hydrogens (primary N) is 1. The van der Waals surface area contributed by atoms with E-state index in [1.54, 1.807) is 0 Å². The number of piperidine rings is 1. The van der Waals surface area contributed by atoms with E-state index in [9.17, 15) is 0 Å². The number of anilines is 2. The number of aromatic nitrogens is 2. The summed E-state index contributed by atoms with van der Waals surface area (Å²) in [6.45, 7) is 7.24. The molecule has 16 heavy (non-hydrogen) atoms. The van der Waals surface area contributed by atoms with Crippen LogP contribution in [0, 0.1) is 13.8 Å². The molecule has 0 spiro atoms. The third-order valence-corrected chi connectivity index (χ3v) is 3.34. The highest BCUT2D eigenvalue weighted by atomic mass is 15.2. The average molecular weight is 220 g/mol. The molecular weight excluding hydrogens is 200 g/mol. The highest BCUT2D eigenvalue weighted by molar-refractivity contribution is 5.57. The van der Waals surface area contributed by atoms with Crippen LogP contribution in [0.25, 0.3) is 0 Å². The largest absolute Gasteiger partial charge is 0.383 e. The number of rotatable bonds is 1. The molecule has 0 amide bonds. The van der Waals surface area contributed by atoms with Crippen molar-refractivity contribution in [3.05, 3.63) is 11.4 Å². The van der Waals surface area contributed by atoms with Crippen molar-refractivity contribution in [1.82, 2.24) is 9.97 Å². The second-order valence-corrected chi connectivity index (χ2v) is 4.64. The van der Waals surface area contributed by atoms with Gasteiger partial charge in [0, 0.05) is 18.2 Å². The first-order valence-corrected chi connectivity index (χ1v) is 5.97. The van der Waals surface area contributed by atoms with Gasteiger partial charge in [0.2, 0.25) is 0 Å². The van der Waals surface area contributed by atoms with Crippen LogP contribution in [0.15, 0.2) is 0 Å². The second kappa shape index (κ2) is 4.28. The number of nitrogen functional groups attached to an aromatic ring is 1. The van der Waals surface area contributed by atoms with Crippen molar-refractivity contribution in [2.75, 3.05) is 17.2 Å². The monoisotopic (exact) mass is 220 g/mol. The Morgan fingerprint density at radius 3 is 2.69 bits per heavy atom. The standard InChI is InChI=1S/C12H20N4/c1-8-6-4-5-7-16(8)12-9(2)11(13)14-10(3)15-12/h8H,4-7H2,1-3H3,(H2,13,14,15). The fraction of sp³-hybridized carbons (Fsp3) is 0.667. The Hall–Kier alpha value is -1.32. The van der Waals surface area contributed by atoms with Gasteiger partial charge >= 0.3 is 0 Å². The minimum atomic E-state index is 0.557. The van der Waals surface area contributed by atoms with Gasteiger partial charge in [0.05, 0.1) is 0 Å². The van der Waals surface area contributed by atoms with Gasteiger partial charge in [-0.05, 0) is 40.0 Å². The van der Waals surface area contributed by atoms with Gasteiger partial charge < -0.3 is 10.6 Å². The van der Waals surface area contributed by atoms with Gasteiger partial charge in [-0.3, -0.25) is 0 Å². The Labute approximate surface area is 96.9 Å². The van der Waals surface area contributed by atoms with Gasteiger partial charge in [0.15, 0.2) is 0 Å². The van der Waals surface area contributed by atoms with Gasteiger partial charge in [-0.15, -0.1) is 0 Å². The smallest absolute Gasteiger partial charge is 0.137 e. The first-order chi connectivity index (χ1) is 7.59. The molecule has 0 aromatic carbocycles. The van der Waals surface area contributed by atoms with Crippen molar-refractivity contribution in [3.8, 4) is 0 Å². The number of aryl methyl sites for hydroxylation is 1. The zero-order valence-corrected chi connectivity index (χ0v) is 10.3. The lowest BCUT2D eigenvalue weighted by atomic mass is 10.0. The molecule has 1 aromatic rings. The summed E-state index contributed by atoms with van der Waals surface area (Å²) in [5, 5.41) is 0. The van der Waals surface area contributed by atoms with Gasteiger partial charge in [-0.25, -0.2) is 9.97 Å². The van der Waals surface area contributed by atoms with Crippen LogP contribution in [-0.2, 0) is 0 Å². The highest BCUT2D eigenvalue weighted by Crippen LogP contribution is 2.27. The van der Waals surface area contributed by atoms with E-state index in [1.165, 1.54) is 19.3 Å². The lowest BCUT2D eigenvalue weighted by Crippen LogP contribution is -2.38. The van der Waals surface area contributed by atoms with E-state index in [4.69, 9.17) is 5.73 Å². The molecule has 4 nitrogen and oxygen atoms in total. The molecule has 1 aliphatic rings. The predicted octanol–water partition coefficient (Wildman–Crippen LogP) is 2.05. The van der Waals surface area contributed by atoms with Crippen molar-refractivity contribution in [2.45, 2.75) is 46.1 Å². The Kier molecular flexibility index (Phi) is 2.99. The van der Waals surface area contributed by atoms with E-state index < -0.39 is 0 Å². The molecule has 2 heterocycles. The lowest BCUT2D eigenvalue weighted by molar-refractivity contribution is 0.480. The van der Waals surface area contributed by atoms with Crippen LogP contribution in [0.3, 0.4) is 0 Å². The summed E-state index contributed by atoms with van der Waals surface area (Å²) < 4.78 is 0. The van der Waals surface area contributed by atoms with Crippen LogP contribution in [0.2, 0.25) is 0 Å². The Bertz CT molecular complexity index is 389. The normalized spacial score (nSPS) is 21.2. The van der Waals surface area contributed by atoms with E-state index in [0.717, 1.165) is 23.8 Å². The van der Waals surface area contributed by atoms with E-state index in [0.29, 0.717) is 11.9 Å². The first-order valence-electron chi connectivity index (χ1n) is 5.97. The van der Waals surface area contributed by atoms with E-state index in [2.05, 4.69) is 21.8 Å². The third kappa shape index (κ3) is 1.96. The summed E-state index contributed by atoms with van der Waals surface area (Å²) in [4.78, 5) is 11.1. The lowest BCUT2D eigenvalue weighted by Gasteiger charge is -2.35. The van der Waals surface area contributed by atoms with E-state index in [1.807, 2.05) is 13.8 Å². The molecule has 0 radical (unpaired) electrons. The quantitative estimate of drug-likeness (QED) is 0.787. The van der Waals surface area contributed by atoms with Crippen LogP contribution in [0.4, 0.5) is 11.6 Å². The summed E-state index contributed by atoms with van der Waals surface area (Å²) in [6, 6.07) is 0.557. The molecule has 2 rings (SSSR count). The number of hydrogen-bond donors (Lipinski definition) is 1. The number of nitrogens with zero attached hydrogens (tertiary/aromatic N) is 3. The topological polar surface area (TPSA) is 55.0 Å². The van der Waals surface area contributed by atoms with Gasteiger partial charge in [-0.2, -0.15) is 0 Å². The second-order valence-electron chi connectivity index (χ2n) is 4.64. The van der Waals surface area contributed by atoms with E-state index in [-0.39, 0.29) is 0 Å². The molecular formula is C12H20N4. The predicted molar refractivity (Wildman–Crippen MR) is 66.6 cm³/mol. The SMILES string of the molecule is Cc1nc(N)c(C)c(N2CCCCC2C)n1. The summed E-state index contributed by atoms with van der Waals surface area (Å²) in [6.07, 6.45) is 3.80. The fourth-order valence-corrected chi connectivity index (χ4v) is 2.33. The molecule has 0 bridgehead atoms. The Morgan fingerprint density at radius 1 is 1.25 bits per heavy atom. The first kappa shape index (κ1) is 11.2. The van der Waals surface area contributed by atoms with Crippen LogP contribution in [0.5, 0.6) is 0 Å². The fourth-order valence-electron chi connectivity index (χ4n) is 2.33. The van der Waals surface area contributed by atoms with Gasteiger partial charge in [0.1, 0.15) is 17.5 Å². The van der Waals surface area contributed by atoms with Crippen LogP contribution in [-0.4, -0.2) is 22.6 Å². The summed E-state index contributed by atoms with van der Waals surface area (Å²) in [5.41, 5.74) is 6.91. The zero-order valence-electron chi connectivity index (χ0n) is 10.3. The van der Waals surface area contributed by atoms with E-state index >= 15 is 0 Å². The molecule has 88 valence electrons. The summed E-state index contributed by atoms with van der Waals surface area (Å²) in [5.74, 6) is 2.40. The molecule has 1 aliphatic heterocycles. The molecule has 1 unspecified atom stereocenters. The van der Waals surface area contributed by atoms with Crippen molar-refractivity contribution in [2.24, 2.45) is 0 Å². The van der Waals surface area contributed by atoms with Crippen LogP contribution >= 0.6 is 0 Å². The average Bonchev–Trinajstić information content (AvgIpc) is 2.24. The van der Waals surface area contributed by atoms with Crippen LogP contribution < -0.4 is 10.6 Å². The van der Waals surface area contributed by atoms with Gasteiger partial charge in [-0.1, -0.05) is 0 Å². The molecule has 4 heteroatoms. The Balaban J connectivity index is 2.38. The van der Waals surface area contributed by atoms with Crippen molar-refractivity contribution in [3.63, 3.8) is 0 Å². The Morgan fingerprint density at radius 2 is 2.00 bits per heavy atom. The summed E-state index contributed by atoms with van der Waals surface area (Å²) in [7, 11) is 0. The van der Waals surface area contributed by atoms with Crippen molar-refractivity contribution >= 4 is 11.6 Å². The maximum Gasteiger partial charge on any atom is 0.137 e. The molecule has 0 aliphatic carbocycles. The third-order valence-electron chi connectivity index (χ3n) is 3.34. The van der Waals surface area contributed by atoms with Crippen molar-refractivity contribution in [1.29, 1.82) is 0 Å². The molecule has 2 N–H and O–H groups in total. The van der Waals surface area contributed by atoms with Gasteiger partial charge in [0.25, 0.3) is 0 Å². The van der Waals surface area contributed by atoms with Crippen molar-refractivity contribution < 1.29 is 0 Å². The van der Waals surface area contributed by atoms with Crippen LogP contribution in [0.1, 0.15) is 37.6 Å². The number of hydrogen-bond acceptors (Lipinski definition) is 4. The molecule has 1 fully saturated rings. The molecule has 1 atom stereocenters. The maximum atomic E-state index is 5.90.